The summed E-state index contributed by atoms with van der Waals surface area (Å²) in [4.78, 5) is 17.2. The molecule has 2 heterocycles. The van der Waals surface area contributed by atoms with Crippen molar-refractivity contribution in [1.29, 1.82) is 5.26 Å². The molecule has 10 heteroatoms. The van der Waals surface area contributed by atoms with Gasteiger partial charge in [-0.3, -0.25) is 4.79 Å². The van der Waals surface area contributed by atoms with Crippen LogP contribution in [0.1, 0.15) is 16.7 Å². The molecule has 0 saturated heterocycles. The monoisotopic (exact) mass is 473 g/mol. The van der Waals surface area contributed by atoms with Crippen molar-refractivity contribution in [2.75, 3.05) is 0 Å². The van der Waals surface area contributed by atoms with Gasteiger partial charge >= 0.3 is 6.18 Å². The lowest BCUT2D eigenvalue weighted by molar-refractivity contribution is -0.137. The van der Waals surface area contributed by atoms with Gasteiger partial charge in [0.25, 0.3) is 5.56 Å². The number of aromatic nitrogens is 2. The summed E-state index contributed by atoms with van der Waals surface area (Å²) in [5, 5.41) is 11.6. The summed E-state index contributed by atoms with van der Waals surface area (Å²) >= 11 is 1.32. The quantitative estimate of drug-likeness (QED) is 0.349. The molecule has 4 rings (SSSR count). The van der Waals surface area contributed by atoms with Crippen molar-refractivity contribution >= 4 is 11.3 Å². The van der Waals surface area contributed by atoms with E-state index in [1.54, 1.807) is 29.8 Å². The molecule has 0 atom stereocenters. The molecule has 0 unspecified atom stereocenters. The first-order chi connectivity index (χ1) is 15.7. The SMILES string of the molecule is N#Cc1c(C(F)(F)F)cc(-c2cccc(-c3nccs3)c2)n(Cc2ccc(F)cc2F)c1=O. The van der Waals surface area contributed by atoms with Crippen LogP contribution in [0.4, 0.5) is 22.0 Å². The number of pyridine rings is 1. The van der Waals surface area contributed by atoms with Crippen molar-refractivity contribution in [2.45, 2.75) is 12.7 Å². The van der Waals surface area contributed by atoms with Gasteiger partial charge in [-0.2, -0.15) is 18.4 Å². The maximum absolute atomic E-state index is 14.3. The molecule has 0 bridgehead atoms. The van der Waals surface area contributed by atoms with Crippen LogP contribution < -0.4 is 5.56 Å². The minimum Gasteiger partial charge on any atom is -0.303 e. The molecule has 0 saturated carbocycles. The number of alkyl halides is 3. The van der Waals surface area contributed by atoms with Gasteiger partial charge in [0.05, 0.1) is 17.8 Å². The van der Waals surface area contributed by atoms with Crippen molar-refractivity contribution in [3.05, 3.63) is 98.8 Å². The Bertz CT molecular complexity index is 1440. The number of thiazole rings is 1. The van der Waals surface area contributed by atoms with Gasteiger partial charge < -0.3 is 4.57 Å². The highest BCUT2D eigenvalue weighted by atomic mass is 32.1. The number of benzene rings is 2. The third kappa shape index (κ3) is 4.40. The molecule has 0 amide bonds. The molecular formula is C23H12F5N3OS. The molecule has 2 aromatic heterocycles. The molecule has 0 aliphatic heterocycles. The fourth-order valence-corrected chi connectivity index (χ4v) is 4.01. The van der Waals surface area contributed by atoms with E-state index in [0.717, 1.165) is 16.7 Å². The number of nitrogens with zero attached hydrogens (tertiary/aromatic N) is 3. The van der Waals surface area contributed by atoms with E-state index < -0.39 is 41.0 Å². The summed E-state index contributed by atoms with van der Waals surface area (Å²) < 4.78 is 69.5. The van der Waals surface area contributed by atoms with Crippen molar-refractivity contribution in [1.82, 2.24) is 9.55 Å². The Morgan fingerprint density at radius 2 is 1.82 bits per heavy atom. The second-order valence-electron chi connectivity index (χ2n) is 6.97. The van der Waals surface area contributed by atoms with Gasteiger partial charge in [0.2, 0.25) is 0 Å². The lowest BCUT2D eigenvalue weighted by atomic mass is 10.0. The largest absolute Gasteiger partial charge is 0.417 e. The van der Waals surface area contributed by atoms with Crippen molar-refractivity contribution in [3.8, 4) is 27.9 Å². The van der Waals surface area contributed by atoms with Gasteiger partial charge in [0.15, 0.2) is 0 Å². The fraction of sp³-hybridized carbons (Fsp3) is 0.0870. The second kappa shape index (κ2) is 8.60. The van der Waals surface area contributed by atoms with Crippen LogP contribution >= 0.6 is 11.3 Å². The maximum atomic E-state index is 14.3. The van der Waals surface area contributed by atoms with Gasteiger partial charge in [-0.1, -0.05) is 24.3 Å². The summed E-state index contributed by atoms with van der Waals surface area (Å²) in [6.45, 7) is -0.505. The predicted octanol–water partition coefficient (Wildman–Crippen LogP) is 5.86. The molecule has 0 fully saturated rings. The third-order valence-electron chi connectivity index (χ3n) is 4.90. The molecule has 0 N–H and O–H groups in total. The first-order valence-electron chi connectivity index (χ1n) is 9.38. The van der Waals surface area contributed by atoms with Crippen LogP contribution in [0.2, 0.25) is 0 Å². The Hall–Kier alpha value is -3.84. The van der Waals surface area contributed by atoms with Crippen molar-refractivity contribution in [2.24, 2.45) is 0 Å². The second-order valence-corrected chi connectivity index (χ2v) is 7.87. The Labute approximate surface area is 187 Å². The van der Waals surface area contributed by atoms with Gasteiger partial charge in [-0.05, 0) is 23.8 Å². The van der Waals surface area contributed by atoms with Crippen LogP contribution in [-0.2, 0) is 12.7 Å². The molecule has 0 aliphatic rings. The molecule has 0 aliphatic carbocycles. The molecule has 4 aromatic rings. The summed E-state index contributed by atoms with van der Waals surface area (Å²) in [5.74, 6) is -1.81. The highest BCUT2D eigenvalue weighted by Crippen LogP contribution is 2.35. The highest BCUT2D eigenvalue weighted by Gasteiger charge is 2.36. The topological polar surface area (TPSA) is 58.7 Å². The summed E-state index contributed by atoms with van der Waals surface area (Å²) in [6, 6.07) is 11.0. The Balaban J connectivity index is 1.98. The van der Waals surface area contributed by atoms with E-state index in [-0.39, 0.29) is 16.8 Å². The van der Waals surface area contributed by atoms with Crippen LogP contribution in [0.3, 0.4) is 0 Å². The Kier molecular flexibility index (Phi) is 5.82. The third-order valence-corrected chi connectivity index (χ3v) is 5.72. The first kappa shape index (κ1) is 22.4. The van der Waals surface area contributed by atoms with Crippen LogP contribution in [-0.4, -0.2) is 9.55 Å². The minimum atomic E-state index is -4.97. The number of rotatable bonds is 4. The molecule has 166 valence electrons. The zero-order chi connectivity index (χ0) is 23.8. The molecular weight excluding hydrogens is 461 g/mol. The normalized spacial score (nSPS) is 11.4. The highest BCUT2D eigenvalue weighted by molar-refractivity contribution is 7.13. The van der Waals surface area contributed by atoms with E-state index in [4.69, 9.17) is 0 Å². The van der Waals surface area contributed by atoms with Crippen LogP contribution in [0, 0.1) is 23.0 Å². The van der Waals surface area contributed by atoms with Crippen molar-refractivity contribution in [3.63, 3.8) is 0 Å². The van der Waals surface area contributed by atoms with Gasteiger partial charge in [-0.15, -0.1) is 11.3 Å². The molecule has 33 heavy (non-hydrogen) atoms. The van der Waals surface area contributed by atoms with E-state index in [9.17, 15) is 32.0 Å². The predicted molar refractivity (Wildman–Crippen MR) is 112 cm³/mol. The average Bonchev–Trinajstić information content (AvgIpc) is 3.31. The molecule has 0 spiro atoms. The van der Waals surface area contributed by atoms with E-state index in [1.807, 2.05) is 0 Å². The maximum Gasteiger partial charge on any atom is 0.417 e. The lowest BCUT2D eigenvalue weighted by Crippen LogP contribution is -2.29. The molecule has 4 nitrogen and oxygen atoms in total. The number of nitriles is 1. The summed E-state index contributed by atoms with van der Waals surface area (Å²) in [5.41, 5.74) is -3.19. The number of hydrogen-bond donors (Lipinski definition) is 0. The van der Waals surface area contributed by atoms with Gasteiger partial charge in [0, 0.05) is 28.8 Å². The van der Waals surface area contributed by atoms with E-state index in [0.29, 0.717) is 22.7 Å². The molecule has 0 radical (unpaired) electrons. The summed E-state index contributed by atoms with van der Waals surface area (Å²) in [6.07, 6.45) is -3.39. The molecule has 2 aromatic carbocycles. The van der Waals surface area contributed by atoms with Crippen molar-refractivity contribution < 1.29 is 22.0 Å². The van der Waals surface area contributed by atoms with E-state index in [2.05, 4.69) is 4.98 Å². The minimum absolute atomic E-state index is 0.125. The first-order valence-corrected chi connectivity index (χ1v) is 10.3. The standard InChI is InChI=1S/C23H12F5N3OS/c24-16-5-4-15(19(25)9-16)12-31-20(10-18(23(26,27)28)17(11-29)22(31)32)13-2-1-3-14(8-13)21-30-6-7-33-21/h1-10H,12H2. The van der Waals surface area contributed by atoms with E-state index in [1.165, 1.54) is 23.5 Å². The van der Waals surface area contributed by atoms with Crippen LogP contribution in [0.15, 0.2) is 64.9 Å². The van der Waals surface area contributed by atoms with Crippen LogP contribution in [0.25, 0.3) is 21.8 Å². The number of hydrogen-bond acceptors (Lipinski definition) is 4. The summed E-state index contributed by atoms with van der Waals surface area (Å²) in [7, 11) is 0. The zero-order valence-corrected chi connectivity index (χ0v) is 17.3. The Morgan fingerprint density at radius 3 is 2.45 bits per heavy atom. The van der Waals surface area contributed by atoms with Gasteiger partial charge in [0.1, 0.15) is 28.3 Å². The number of halogens is 5. The fourth-order valence-electron chi connectivity index (χ4n) is 3.37. The zero-order valence-electron chi connectivity index (χ0n) is 16.5. The lowest BCUT2D eigenvalue weighted by Gasteiger charge is -2.18. The van der Waals surface area contributed by atoms with E-state index >= 15 is 0 Å². The average molecular weight is 473 g/mol. The smallest absolute Gasteiger partial charge is 0.303 e. The Morgan fingerprint density at radius 1 is 1.06 bits per heavy atom. The van der Waals surface area contributed by atoms with Gasteiger partial charge in [-0.25, -0.2) is 13.8 Å². The van der Waals surface area contributed by atoms with Crippen LogP contribution in [0.5, 0.6) is 0 Å².